The summed E-state index contributed by atoms with van der Waals surface area (Å²) in [6.07, 6.45) is 11.6. The molecule has 0 radical (unpaired) electrons. The van der Waals surface area contributed by atoms with Crippen LogP contribution in [-0.2, 0) is 35.4 Å². The molecule has 6 rings (SSSR count). The van der Waals surface area contributed by atoms with Crippen LogP contribution >= 0.6 is 0 Å². The first-order chi connectivity index (χ1) is 25.8. The van der Waals surface area contributed by atoms with Crippen molar-refractivity contribution >= 4 is 66.8 Å². The largest absolute Gasteiger partial charge is 0.397 e. The minimum atomic E-state index is -3.66. The molecule has 6 N–H and O–H groups in total. The van der Waals surface area contributed by atoms with E-state index in [1.165, 1.54) is 43.0 Å². The number of hydrogen-bond acceptors (Lipinski definition) is 8. The molecule has 12 nitrogen and oxygen atoms in total. The van der Waals surface area contributed by atoms with Crippen molar-refractivity contribution in [3.05, 3.63) is 174 Å². The maximum atomic E-state index is 12.6. The Morgan fingerprint density at radius 2 is 1.07 bits per heavy atom. The van der Waals surface area contributed by atoms with Crippen LogP contribution in [0.5, 0.6) is 0 Å². The van der Waals surface area contributed by atoms with Gasteiger partial charge in [0, 0.05) is 36.9 Å². The zero-order valence-corrected chi connectivity index (χ0v) is 30.7. The summed E-state index contributed by atoms with van der Waals surface area (Å²) in [7, 11) is -7.18. The number of para-hydroxylation sites is 4. The lowest BCUT2D eigenvalue weighted by atomic mass is 10.2. The predicted molar refractivity (Wildman–Crippen MR) is 214 cm³/mol. The van der Waals surface area contributed by atoms with Crippen LogP contribution in [0.2, 0.25) is 0 Å². The molecule has 54 heavy (non-hydrogen) atoms. The third kappa shape index (κ3) is 10.5. The number of nitrogens with zero attached hydrogens (tertiary/aromatic N) is 2. The number of benzene rings is 4. The highest BCUT2D eigenvalue weighted by Crippen LogP contribution is 2.19. The van der Waals surface area contributed by atoms with Crippen molar-refractivity contribution in [1.82, 2.24) is 7.94 Å². The highest BCUT2D eigenvalue weighted by molar-refractivity contribution is 7.90. The molecular formula is C40H38N6O6S2. The number of anilines is 4. The zero-order valence-electron chi connectivity index (χ0n) is 29.1. The normalized spacial score (nSPS) is 11.6. The van der Waals surface area contributed by atoms with Crippen LogP contribution in [-0.4, -0.2) is 36.6 Å². The second-order valence-electron chi connectivity index (χ2n) is 11.9. The first kappa shape index (κ1) is 38.6. The fraction of sp³-hybridized carbons (Fsp3) is 0.0500. The maximum absolute atomic E-state index is 12.6. The van der Waals surface area contributed by atoms with E-state index in [9.17, 15) is 26.4 Å². The minimum absolute atomic E-state index is 0.0978. The second-order valence-corrected chi connectivity index (χ2v) is 15.6. The molecule has 2 amide bonds. The van der Waals surface area contributed by atoms with Gasteiger partial charge in [-0.3, -0.25) is 13.6 Å². The smallest absolute Gasteiger partial charge is 0.267 e. The number of amides is 2. The standard InChI is InChI=1S/2C20H19N3O3S/c1-15-6-9-17(10-7-15)27(25,26)23-13-12-16(14-23)8-11-20(24)22-19-5-3-2-4-18(19)21;21-18-8-4-5-9-19(18)22-20(24)11-10-16-12-13-23(14-16)27(25,26)15-17-6-2-1-3-7-17/h2-14H,21H2,1H3,(H,22,24);1-14H,15,21H2,(H,22,24)/b11-8+;11-10+. The Bertz CT molecular complexity index is 2520. The van der Waals surface area contributed by atoms with Crippen molar-refractivity contribution in [2.75, 3.05) is 22.1 Å². The van der Waals surface area contributed by atoms with Crippen LogP contribution in [0.4, 0.5) is 22.7 Å². The summed E-state index contributed by atoms with van der Waals surface area (Å²) < 4.78 is 52.5. The number of rotatable bonds is 11. The summed E-state index contributed by atoms with van der Waals surface area (Å²) in [6, 6.07) is 32.7. The van der Waals surface area contributed by atoms with Gasteiger partial charge in [0.15, 0.2) is 0 Å². The van der Waals surface area contributed by atoms with Gasteiger partial charge in [0.05, 0.1) is 33.4 Å². The van der Waals surface area contributed by atoms with E-state index in [0.717, 1.165) is 13.5 Å². The molecule has 2 aromatic heterocycles. The van der Waals surface area contributed by atoms with Crippen molar-refractivity contribution in [3.63, 3.8) is 0 Å². The third-order valence-corrected chi connectivity index (χ3v) is 11.0. The fourth-order valence-electron chi connectivity index (χ4n) is 4.91. The SMILES string of the molecule is Cc1ccc(S(=O)(=O)n2ccc(/C=C/C(=O)Nc3ccccc3N)c2)cc1.Nc1ccccc1NC(=O)/C=C/c1ccn(S(=O)(=O)Cc2ccccc2)c1. The lowest BCUT2D eigenvalue weighted by molar-refractivity contribution is -0.112. The molecule has 0 unspecified atom stereocenters. The van der Waals surface area contributed by atoms with Gasteiger partial charge in [-0.15, -0.1) is 0 Å². The minimum Gasteiger partial charge on any atom is -0.397 e. The van der Waals surface area contributed by atoms with E-state index < -0.39 is 20.0 Å². The summed E-state index contributed by atoms with van der Waals surface area (Å²) in [6.45, 7) is 1.89. The van der Waals surface area contributed by atoms with E-state index >= 15 is 0 Å². The van der Waals surface area contributed by atoms with E-state index in [1.807, 2.05) is 13.0 Å². The maximum Gasteiger partial charge on any atom is 0.267 e. The van der Waals surface area contributed by atoms with E-state index in [-0.39, 0.29) is 22.5 Å². The van der Waals surface area contributed by atoms with Crippen LogP contribution in [0.3, 0.4) is 0 Å². The van der Waals surface area contributed by atoms with Crippen molar-refractivity contribution in [1.29, 1.82) is 0 Å². The fourth-order valence-corrected chi connectivity index (χ4v) is 7.41. The molecule has 0 atom stereocenters. The van der Waals surface area contributed by atoms with Gasteiger partial charge in [-0.25, -0.2) is 20.8 Å². The van der Waals surface area contributed by atoms with Crippen LogP contribution < -0.4 is 22.1 Å². The van der Waals surface area contributed by atoms with Crippen LogP contribution in [0.15, 0.2) is 157 Å². The lowest BCUT2D eigenvalue weighted by Crippen LogP contribution is -2.13. The number of aryl methyl sites for hydroxylation is 1. The number of hydrogen-bond donors (Lipinski definition) is 4. The number of aromatic nitrogens is 2. The molecule has 0 aliphatic rings. The summed E-state index contributed by atoms with van der Waals surface area (Å²) in [5.41, 5.74) is 16.4. The van der Waals surface area contributed by atoms with Crippen molar-refractivity contribution < 1.29 is 26.4 Å². The summed E-state index contributed by atoms with van der Waals surface area (Å²) in [5, 5.41) is 5.35. The Kier molecular flexibility index (Phi) is 12.3. The molecule has 0 bridgehead atoms. The molecule has 14 heteroatoms. The molecule has 0 aliphatic heterocycles. The highest BCUT2D eigenvalue weighted by Gasteiger charge is 2.16. The molecule has 6 aromatic rings. The Balaban J connectivity index is 0.000000208. The Hall–Kier alpha value is -6.64. The van der Waals surface area contributed by atoms with Crippen molar-refractivity contribution in [3.8, 4) is 0 Å². The second kappa shape index (κ2) is 17.3. The average molecular weight is 763 g/mol. The van der Waals surface area contributed by atoms with Gasteiger partial charge in [-0.1, -0.05) is 72.3 Å². The molecule has 4 aromatic carbocycles. The monoisotopic (exact) mass is 762 g/mol. The van der Waals surface area contributed by atoms with E-state index in [2.05, 4.69) is 10.6 Å². The van der Waals surface area contributed by atoms with Crippen LogP contribution in [0.25, 0.3) is 12.2 Å². The van der Waals surface area contributed by atoms with Gasteiger partial charge < -0.3 is 22.1 Å². The number of nitrogens with one attached hydrogen (secondary N) is 2. The summed E-state index contributed by atoms with van der Waals surface area (Å²) in [5.74, 6) is -0.811. The molecule has 0 saturated heterocycles. The van der Waals surface area contributed by atoms with Gasteiger partial charge in [0.2, 0.25) is 21.8 Å². The Morgan fingerprint density at radius 1 is 0.611 bits per heavy atom. The molecule has 0 fully saturated rings. The molecule has 2 heterocycles. The van der Waals surface area contributed by atoms with E-state index in [0.29, 0.717) is 39.4 Å². The van der Waals surface area contributed by atoms with Crippen molar-refractivity contribution in [2.24, 2.45) is 0 Å². The third-order valence-electron chi connectivity index (χ3n) is 7.78. The number of nitrogens with two attached hydrogens (primary N) is 2. The molecule has 0 aliphatic carbocycles. The van der Waals surface area contributed by atoms with E-state index in [4.69, 9.17) is 11.5 Å². The van der Waals surface area contributed by atoms with Crippen molar-refractivity contribution in [2.45, 2.75) is 17.6 Å². The molecule has 0 saturated carbocycles. The van der Waals surface area contributed by atoms with Gasteiger partial charge in [-0.05, 0) is 84.3 Å². The van der Waals surface area contributed by atoms with Gasteiger partial charge in [-0.2, -0.15) is 0 Å². The quantitative estimate of drug-likeness (QED) is 0.0866. The summed E-state index contributed by atoms with van der Waals surface area (Å²) >= 11 is 0. The topological polar surface area (TPSA) is 188 Å². The predicted octanol–water partition coefficient (Wildman–Crippen LogP) is 6.37. The van der Waals surface area contributed by atoms with Gasteiger partial charge in [0.25, 0.3) is 10.0 Å². The first-order valence-corrected chi connectivity index (χ1v) is 19.5. The van der Waals surface area contributed by atoms with Gasteiger partial charge >= 0.3 is 0 Å². The zero-order chi connectivity index (χ0) is 38.7. The number of carbonyl (C=O) groups is 2. The average Bonchev–Trinajstić information content (AvgIpc) is 3.84. The molecule has 276 valence electrons. The van der Waals surface area contributed by atoms with E-state index in [1.54, 1.807) is 115 Å². The highest BCUT2D eigenvalue weighted by atomic mass is 32.2. The summed E-state index contributed by atoms with van der Waals surface area (Å²) in [4.78, 5) is 24.2. The van der Waals surface area contributed by atoms with Crippen LogP contribution in [0.1, 0.15) is 22.3 Å². The van der Waals surface area contributed by atoms with Crippen LogP contribution in [0, 0.1) is 6.92 Å². The molecular weight excluding hydrogens is 725 g/mol. The molecule has 0 spiro atoms. The Morgan fingerprint density at radius 3 is 1.59 bits per heavy atom. The number of carbonyl (C=O) groups excluding carboxylic acids is 2. The lowest BCUT2D eigenvalue weighted by Gasteiger charge is -2.05. The first-order valence-electron chi connectivity index (χ1n) is 16.4. The number of nitrogen functional groups attached to an aromatic ring is 2. The van der Waals surface area contributed by atoms with Gasteiger partial charge in [0.1, 0.15) is 0 Å². The Labute approximate surface area is 314 Å².